The smallest absolute Gasteiger partial charge is 0.312 e. The van der Waals surface area contributed by atoms with Crippen molar-refractivity contribution in [2.24, 2.45) is 11.8 Å². The van der Waals surface area contributed by atoms with Gasteiger partial charge in [-0.05, 0) is 56.4 Å². The van der Waals surface area contributed by atoms with Gasteiger partial charge < -0.3 is 30.9 Å². The number of rotatable bonds is 6. The fraction of sp³-hybridized carbons (Fsp3) is 0.464. The van der Waals surface area contributed by atoms with Crippen LogP contribution in [0, 0.1) is 11.8 Å². The Morgan fingerprint density at radius 3 is 2.44 bits per heavy atom. The van der Waals surface area contributed by atoms with Crippen LogP contribution in [0.1, 0.15) is 50.0 Å². The zero-order valence-corrected chi connectivity index (χ0v) is 22.5. The van der Waals surface area contributed by atoms with Crippen molar-refractivity contribution in [3.63, 3.8) is 0 Å². The topological polar surface area (TPSA) is 167 Å². The minimum absolute atomic E-state index is 0.00447. The summed E-state index contributed by atoms with van der Waals surface area (Å²) in [7, 11) is 0. The van der Waals surface area contributed by atoms with E-state index >= 15 is 0 Å². The molecule has 6 unspecified atom stereocenters. The second-order valence-electron chi connectivity index (χ2n) is 10.3. The van der Waals surface area contributed by atoms with Gasteiger partial charge in [0.15, 0.2) is 6.10 Å². The third-order valence-corrected chi connectivity index (χ3v) is 6.63. The fourth-order valence-corrected chi connectivity index (χ4v) is 4.38. The number of hydrogen-bond acceptors (Lipinski definition) is 8. The quantitative estimate of drug-likeness (QED) is 0.340. The molecule has 11 heteroatoms. The van der Waals surface area contributed by atoms with Crippen LogP contribution in [0.25, 0.3) is 0 Å². The fourth-order valence-electron chi connectivity index (χ4n) is 4.38. The molecule has 210 valence electrons. The van der Waals surface area contributed by atoms with Crippen LogP contribution in [-0.4, -0.2) is 69.2 Å². The molecule has 1 aliphatic heterocycles. The van der Waals surface area contributed by atoms with Crippen molar-refractivity contribution >= 4 is 23.7 Å². The van der Waals surface area contributed by atoms with Gasteiger partial charge in [-0.25, -0.2) is 0 Å². The first-order valence-corrected chi connectivity index (χ1v) is 12.9. The van der Waals surface area contributed by atoms with Gasteiger partial charge in [-0.3, -0.25) is 24.2 Å². The average Bonchev–Trinajstić information content (AvgIpc) is 2.89. The highest BCUT2D eigenvalue weighted by Crippen LogP contribution is 2.20. The molecule has 1 aromatic carbocycles. The van der Waals surface area contributed by atoms with Crippen molar-refractivity contribution in [3.05, 3.63) is 59.9 Å². The molecule has 0 saturated carbocycles. The first-order valence-electron chi connectivity index (χ1n) is 12.9. The molecule has 0 radical (unpaired) electrons. The standard InChI is InChI=1S/C28H36N4O7/c1-15(2)12-22-26(36)30-17(4)23(32-25(35)19-9-5-6-10-21(19)33)27(37)31-20(13-18-8-7-11-29-14-18)24(34)16(3)28(38)39-22/h5-11,14-17,20,22-24,33-34H,12-13H2,1-4H3,(H,30,36)(H,31,37)(H,32,35). The van der Waals surface area contributed by atoms with E-state index < -0.39 is 59.9 Å². The van der Waals surface area contributed by atoms with Gasteiger partial charge in [0.2, 0.25) is 5.91 Å². The van der Waals surface area contributed by atoms with Crippen LogP contribution in [0.2, 0.25) is 0 Å². The summed E-state index contributed by atoms with van der Waals surface area (Å²) < 4.78 is 5.55. The highest BCUT2D eigenvalue weighted by Gasteiger charge is 2.39. The maximum Gasteiger partial charge on any atom is 0.312 e. The first kappa shape index (κ1) is 29.6. The number of aliphatic hydroxyl groups excluding tert-OH is 1. The van der Waals surface area contributed by atoms with E-state index in [0.717, 1.165) is 0 Å². The molecule has 5 N–H and O–H groups in total. The molecule has 1 aliphatic rings. The van der Waals surface area contributed by atoms with Crippen LogP contribution in [-0.2, 0) is 25.5 Å². The summed E-state index contributed by atoms with van der Waals surface area (Å²) in [5, 5.41) is 29.4. The van der Waals surface area contributed by atoms with Gasteiger partial charge in [-0.15, -0.1) is 0 Å². The number of para-hydroxylation sites is 1. The summed E-state index contributed by atoms with van der Waals surface area (Å²) in [6.45, 7) is 6.73. The number of aromatic hydroxyl groups is 1. The molecule has 0 spiro atoms. The monoisotopic (exact) mass is 540 g/mol. The van der Waals surface area contributed by atoms with E-state index in [1.54, 1.807) is 36.7 Å². The van der Waals surface area contributed by atoms with Crippen LogP contribution in [0.15, 0.2) is 48.8 Å². The molecule has 2 aromatic rings. The van der Waals surface area contributed by atoms with Gasteiger partial charge in [-0.1, -0.05) is 32.0 Å². The Balaban J connectivity index is 1.99. The number of hydrogen-bond donors (Lipinski definition) is 5. The molecule has 1 fully saturated rings. The number of amides is 3. The van der Waals surface area contributed by atoms with Crippen molar-refractivity contribution in [2.75, 3.05) is 0 Å². The summed E-state index contributed by atoms with van der Waals surface area (Å²) in [6, 6.07) is 6.13. The van der Waals surface area contributed by atoms with E-state index in [1.807, 2.05) is 13.8 Å². The number of phenolic OH excluding ortho intramolecular Hbond substituents is 1. The van der Waals surface area contributed by atoms with Crippen molar-refractivity contribution in [1.82, 2.24) is 20.9 Å². The zero-order chi connectivity index (χ0) is 28.7. The Morgan fingerprint density at radius 1 is 1.08 bits per heavy atom. The Labute approximate surface area is 227 Å². The molecular formula is C28H36N4O7. The Kier molecular flexibility index (Phi) is 10.00. The Bertz CT molecular complexity index is 1170. The Morgan fingerprint density at radius 2 is 1.79 bits per heavy atom. The number of phenols is 1. The van der Waals surface area contributed by atoms with Crippen LogP contribution in [0.3, 0.4) is 0 Å². The number of pyridine rings is 1. The molecule has 2 heterocycles. The number of cyclic esters (lactones) is 1. The van der Waals surface area contributed by atoms with Gasteiger partial charge in [0.1, 0.15) is 11.8 Å². The molecular weight excluding hydrogens is 504 g/mol. The summed E-state index contributed by atoms with van der Waals surface area (Å²) in [5.41, 5.74) is 0.644. The van der Waals surface area contributed by atoms with Crippen molar-refractivity contribution in [2.45, 2.75) is 70.9 Å². The highest BCUT2D eigenvalue weighted by atomic mass is 16.5. The average molecular weight is 541 g/mol. The predicted octanol–water partition coefficient (Wildman–Crippen LogP) is 1.09. The highest BCUT2D eigenvalue weighted by molar-refractivity contribution is 6.00. The van der Waals surface area contributed by atoms with Crippen LogP contribution in [0.4, 0.5) is 0 Å². The van der Waals surface area contributed by atoms with E-state index in [9.17, 15) is 29.4 Å². The minimum atomic E-state index is -1.38. The number of aromatic nitrogens is 1. The van der Waals surface area contributed by atoms with E-state index in [-0.39, 0.29) is 30.1 Å². The third-order valence-electron chi connectivity index (χ3n) is 6.63. The lowest BCUT2D eigenvalue weighted by atomic mass is 9.92. The molecule has 11 nitrogen and oxygen atoms in total. The SMILES string of the molecule is CC(C)CC1OC(=O)C(C)C(O)C(Cc2cccnc2)NC(=O)C(NC(=O)c2ccccc2O)C(C)NC1=O. The minimum Gasteiger partial charge on any atom is -0.507 e. The molecule has 0 bridgehead atoms. The van der Waals surface area contributed by atoms with Crippen LogP contribution in [0.5, 0.6) is 5.75 Å². The van der Waals surface area contributed by atoms with E-state index in [0.29, 0.717) is 5.56 Å². The molecule has 6 atom stereocenters. The maximum absolute atomic E-state index is 13.6. The summed E-state index contributed by atoms with van der Waals surface area (Å²) >= 11 is 0. The molecule has 1 aromatic heterocycles. The van der Waals surface area contributed by atoms with Crippen molar-refractivity contribution in [1.29, 1.82) is 0 Å². The number of carbonyl (C=O) groups excluding carboxylic acids is 4. The number of nitrogens with one attached hydrogen (secondary N) is 3. The van der Waals surface area contributed by atoms with Gasteiger partial charge in [-0.2, -0.15) is 0 Å². The number of nitrogens with zero attached hydrogens (tertiary/aromatic N) is 1. The van der Waals surface area contributed by atoms with Gasteiger partial charge in [0, 0.05) is 12.4 Å². The van der Waals surface area contributed by atoms with E-state index in [2.05, 4.69) is 20.9 Å². The van der Waals surface area contributed by atoms with Crippen LogP contribution < -0.4 is 16.0 Å². The third kappa shape index (κ3) is 7.76. The van der Waals surface area contributed by atoms with Gasteiger partial charge in [0.05, 0.1) is 29.7 Å². The number of ether oxygens (including phenoxy) is 1. The van der Waals surface area contributed by atoms with Crippen molar-refractivity contribution in [3.8, 4) is 5.75 Å². The lowest BCUT2D eigenvalue weighted by Crippen LogP contribution is -2.62. The second kappa shape index (κ2) is 13.2. The van der Waals surface area contributed by atoms with Gasteiger partial charge in [0.25, 0.3) is 11.8 Å². The van der Waals surface area contributed by atoms with E-state index in [1.165, 1.54) is 26.0 Å². The van der Waals surface area contributed by atoms with Crippen molar-refractivity contribution < 1.29 is 34.1 Å². The predicted molar refractivity (Wildman–Crippen MR) is 141 cm³/mol. The lowest BCUT2D eigenvalue weighted by Gasteiger charge is -2.33. The first-order chi connectivity index (χ1) is 18.5. The number of aliphatic hydroxyl groups is 1. The number of esters is 1. The molecule has 3 rings (SSSR count). The number of carbonyl (C=O) groups is 4. The largest absolute Gasteiger partial charge is 0.507 e. The van der Waals surface area contributed by atoms with Crippen LogP contribution >= 0.6 is 0 Å². The Hall–Kier alpha value is -3.99. The molecule has 3 amide bonds. The second-order valence-corrected chi connectivity index (χ2v) is 10.3. The molecule has 0 aliphatic carbocycles. The maximum atomic E-state index is 13.6. The summed E-state index contributed by atoms with van der Waals surface area (Å²) in [6.07, 6.45) is 0.972. The van der Waals surface area contributed by atoms with Gasteiger partial charge >= 0.3 is 5.97 Å². The lowest BCUT2D eigenvalue weighted by molar-refractivity contribution is -0.164. The summed E-state index contributed by atoms with van der Waals surface area (Å²) in [5.74, 6) is -4.19. The number of benzene rings is 1. The molecule has 1 saturated heterocycles. The summed E-state index contributed by atoms with van der Waals surface area (Å²) in [4.78, 5) is 56.8. The normalized spacial score (nSPS) is 26.5. The molecule has 39 heavy (non-hydrogen) atoms. The zero-order valence-electron chi connectivity index (χ0n) is 22.5. The van der Waals surface area contributed by atoms with E-state index in [4.69, 9.17) is 4.74 Å².